The van der Waals surface area contributed by atoms with Gasteiger partial charge in [0.2, 0.25) is 5.91 Å². The number of aryl methyl sites for hydroxylation is 1. The van der Waals surface area contributed by atoms with E-state index in [1.165, 1.54) is 18.1 Å². The molecule has 3 aromatic heterocycles. The number of hydrogen-bond acceptors (Lipinski definition) is 6. The van der Waals surface area contributed by atoms with Crippen molar-refractivity contribution in [3.05, 3.63) is 47.1 Å². The van der Waals surface area contributed by atoms with Gasteiger partial charge in [-0.15, -0.1) is 5.10 Å². The second-order valence-corrected chi connectivity index (χ2v) is 6.98. The third-order valence-electron chi connectivity index (χ3n) is 4.49. The van der Waals surface area contributed by atoms with Gasteiger partial charge >= 0.3 is 6.03 Å². The van der Waals surface area contributed by atoms with Crippen LogP contribution < -0.4 is 9.64 Å². The highest BCUT2D eigenvalue weighted by Gasteiger charge is 2.35. The fourth-order valence-corrected chi connectivity index (χ4v) is 3.22. The van der Waals surface area contributed by atoms with Gasteiger partial charge in [-0.3, -0.25) is 14.6 Å². The summed E-state index contributed by atoms with van der Waals surface area (Å²) >= 11 is 5.84. The van der Waals surface area contributed by atoms with Crippen LogP contribution in [0.5, 0.6) is 5.75 Å². The molecule has 0 spiro atoms. The minimum Gasteiger partial charge on any atom is -0.483 e. The number of likely N-dealkylation sites (N-methyl/N-ethyl adjacent to an activating group) is 1. The molecular weight excluding hydrogens is 384 g/mol. The predicted octanol–water partition coefficient (Wildman–Crippen LogP) is 2.62. The number of hydrogen-bond donors (Lipinski definition) is 0. The molecule has 144 valence electrons. The van der Waals surface area contributed by atoms with Crippen molar-refractivity contribution in [2.75, 3.05) is 18.5 Å². The van der Waals surface area contributed by atoms with Gasteiger partial charge in [-0.05, 0) is 25.5 Å². The first-order valence-electron chi connectivity index (χ1n) is 8.55. The minimum atomic E-state index is -0.396. The second-order valence-electron chi connectivity index (χ2n) is 6.59. The third kappa shape index (κ3) is 3.13. The first-order valence-corrected chi connectivity index (χ1v) is 8.93. The molecule has 0 aromatic carbocycles. The molecule has 1 atom stereocenters. The number of urea groups is 1. The minimum absolute atomic E-state index is 0.0100. The van der Waals surface area contributed by atoms with Crippen LogP contribution in [-0.4, -0.2) is 50.0 Å². The molecule has 9 nitrogen and oxygen atoms in total. The number of aromatic nitrogens is 4. The van der Waals surface area contributed by atoms with Crippen LogP contribution in [0, 0.1) is 6.92 Å². The van der Waals surface area contributed by atoms with E-state index in [2.05, 4.69) is 15.2 Å². The summed E-state index contributed by atoms with van der Waals surface area (Å²) in [5.41, 5.74) is 2.74. The number of halogens is 1. The van der Waals surface area contributed by atoms with Crippen LogP contribution in [0.25, 0.3) is 5.65 Å². The van der Waals surface area contributed by atoms with Crippen LogP contribution in [0.1, 0.15) is 24.3 Å². The molecule has 10 heteroatoms. The Labute approximate surface area is 165 Å². The molecule has 1 aliphatic heterocycles. The molecule has 0 saturated carbocycles. The lowest BCUT2D eigenvalue weighted by atomic mass is 10.2. The summed E-state index contributed by atoms with van der Waals surface area (Å²) in [7, 11) is 1.47. The molecule has 0 radical (unpaired) electrons. The summed E-state index contributed by atoms with van der Waals surface area (Å²) in [6.45, 7) is 3.75. The Balaban J connectivity index is 1.71. The van der Waals surface area contributed by atoms with E-state index < -0.39 is 6.10 Å². The van der Waals surface area contributed by atoms with Crippen molar-refractivity contribution in [1.82, 2.24) is 24.5 Å². The molecular formula is C18H17ClN6O3. The highest BCUT2D eigenvalue weighted by molar-refractivity contribution is 6.29. The van der Waals surface area contributed by atoms with E-state index in [1.807, 2.05) is 36.7 Å². The molecule has 1 saturated heterocycles. The second kappa shape index (κ2) is 6.75. The summed E-state index contributed by atoms with van der Waals surface area (Å²) in [4.78, 5) is 31.5. The Morgan fingerprint density at radius 1 is 1.25 bits per heavy atom. The van der Waals surface area contributed by atoms with Crippen molar-refractivity contribution in [1.29, 1.82) is 0 Å². The Morgan fingerprint density at radius 2 is 2.04 bits per heavy atom. The van der Waals surface area contributed by atoms with Crippen molar-refractivity contribution in [3.63, 3.8) is 0 Å². The number of carbonyl (C=O) groups excluding carboxylic acids is 2. The number of imide groups is 1. The average molecular weight is 401 g/mol. The van der Waals surface area contributed by atoms with Crippen molar-refractivity contribution in [2.45, 2.75) is 20.0 Å². The molecule has 0 N–H and O–H groups in total. The number of amides is 3. The van der Waals surface area contributed by atoms with Gasteiger partial charge in [0, 0.05) is 25.5 Å². The zero-order valence-electron chi connectivity index (χ0n) is 15.5. The molecule has 0 bridgehead atoms. The van der Waals surface area contributed by atoms with Gasteiger partial charge in [-0.25, -0.2) is 9.78 Å². The zero-order valence-corrected chi connectivity index (χ0v) is 16.2. The fraction of sp³-hybridized carbons (Fsp3) is 0.278. The smallest absolute Gasteiger partial charge is 0.331 e. The first-order chi connectivity index (χ1) is 13.3. The number of anilines is 1. The zero-order chi connectivity index (χ0) is 20.0. The molecule has 3 amide bonds. The number of rotatable bonds is 4. The summed E-state index contributed by atoms with van der Waals surface area (Å²) in [5, 5.41) is 7.68. The Hall–Kier alpha value is -3.20. The molecule has 4 rings (SSSR count). The van der Waals surface area contributed by atoms with Crippen molar-refractivity contribution < 1.29 is 14.3 Å². The quantitative estimate of drug-likeness (QED) is 0.625. The van der Waals surface area contributed by atoms with Crippen LogP contribution in [0.4, 0.5) is 10.5 Å². The van der Waals surface area contributed by atoms with Gasteiger partial charge < -0.3 is 9.14 Å². The maximum Gasteiger partial charge on any atom is 0.331 e. The Kier molecular flexibility index (Phi) is 4.38. The van der Waals surface area contributed by atoms with E-state index in [4.69, 9.17) is 16.3 Å². The monoisotopic (exact) mass is 400 g/mol. The van der Waals surface area contributed by atoms with E-state index >= 15 is 0 Å². The summed E-state index contributed by atoms with van der Waals surface area (Å²) < 4.78 is 7.68. The average Bonchev–Trinajstić information content (AvgIpc) is 3.18. The number of imidazole rings is 1. The highest BCUT2D eigenvalue weighted by atomic mass is 35.5. The number of nitrogens with zero attached hydrogens (tertiary/aromatic N) is 6. The maximum atomic E-state index is 12.4. The standard InChI is InChI=1S/C18H17ClN6O3/c1-10-4-14(25-9-16(26)23(3)18(25)27)17-21-13(8-24(17)7-10)11(2)28-12-5-15(19)22-20-6-12/h4-8,11H,9H2,1-3H3. The third-order valence-corrected chi connectivity index (χ3v) is 4.68. The van der Waals surface area contributed by atoms with Crippen molar-refractivity contribution in [3.8, 4) is 5.75 Å². The number of pyridine rings is 1. The van der Waals surface area contributed by atoms with E-state index in [0.717, 1.165) is 10.5 Å². The number of ether oxygens (including phenoxy) is 1. The van der Waals surface area contributed by atoms with Gasteiger partial charge in [-0.2, -0.15) is 5.10 Å². The van der Waals surface area contributed by atoms with E-state index in [1.54, 1.807) is 6.07 Å². The van der Waals surface area contributed by atoms with Gasteiger partial charge in [0.05, 0.1) is 17.6 Å². The topological polar surface area (TPSA) is 92.9 Å². The lowest BCUT2D eigenvalue weighted by Gasteiger charge is -2.16. The van der Waals surface area contributed by atoms with Crippen LogP contribution in [0.2, 0.25) is 5.15 Å². The number of carbonyl (C=O) groups is 2. The fourth-order valence-electron chi connectivity index (χ4n) is 3.07. The molecule has 0 aliphatic carbocycles. The first kappa shape index (κ1) is 18.2. The molecule has 1 unspecified atom stereocenters. The lowest BCUT2D eigenvalue weighted by Crippen LogP contribution is -2.30. The Bertz CT molecular complexity index is 1100. The molecule has 28 heavy (non-hydrogen) atoms. The van der Waals surface area contributed by atoms with E-state index in [-0.39, 0.29) is 23.6 Å². The maximum absolute atomic E-state index is 12.4. The Morgan fingerprint density at radius 3 is 2.71 bits per heavy atom. The normalized spacial score (nSPS) is 15.6. The van der Waals surface area contributed by atoms with Crippen LogP contribution >= 0.6 is 11.6 Å². The predicted molar refractivity (Wildman–Crippen MR) is 102 cm³/mol. The van der Waals surface area contributed by atoms with Gasteiger partial charge in [0.15, 0.2) is 10.8 Å². The molecule has 3 aromatic rings. The summed E-state index contributed by atoms with van der Waals surface area (Å²) in [6, 6.07) is 3.04. The van der Waals surface area contributed by atoms with Gasteiger partial charge in [0.25, 0.3) is 0 Å². The number of fused-ring (bicyclic) bond motifs is 1. The van der Waals surface area contributed by atoms with Crippen molar-refractivity contribution in [2.24, 2.45) is 0 Å². The van der Waals surface area contributed by atoms with Crippen LogP contribution in [0.3, 0.4) is 0 Å². The van der Waals surface area contributed by atoms with E-state index in [0.29, 0.717) is 22.8 Å². The van der Waals surface area contributed by atoms with Crippen LogP contribution in [0.15, 0.2) is 30.7 Å². The van der Waals surface area contributed by atoms with E-state index in [9.17, 15) is 9.59 Å². The summed E-state index contributed by atoms with van der Waals surface area (Å²) in [5.74, 6) is 0.220. The molecule has 1 fully saturated rings. The van der Waals surface area contributed by atoms with Crippen LogP contribution in [-0.2, 0) is 4.79 Å². The van der Waals surface area contributed by atoms with Crippen molar-refractivity contribution >= 4 is 34.9 Å². The SMILES string of the molecule is Cc1cc(N2CC(=O)N(C)C2=O)c2nc(C(C)Oc3cnnc(Cl)c3)cn2c1. The lowest BCUT2D eigenvalue weighted by molar-refractivity contribution is -0.123. The van der Waals surface area contributed by atoms with Gasteiger partial charge in [-0.1, -0.05) is 11.6 Å². The molecule has 1 aliphatic rings. The molecule has 4 heterocycles. The van der Waals surface area contributed by atoms with Gasteiger partial charge in [0.1, 0.15) is 18.4 Å². The largest absolute Gasteiger partial charge is 0.483 e. The summed E-state index contributed by atoms with van der Waals surface area (Å²) in [6.07, 6.45) is 4.81. The highest BCUT2D eigenvalue weighted by Crippen LogP contribution is 2.29.